The van der Waals surface area contributed by atoms with Gasteiger partial charge in [0.15, 0.2) is 0 Å². The second-order valence-electron chi connectivity index (χ2n) is 4.87. The number of hydrogen-bond acceptors (Lipinski definition) is 4. The molecule has 5 heteroatoms. The lowest BCUT2D eigenvalue weighted by molar-refractivity contribution is 0.198. The van der Waals surface area contributed by atoms with Crippen molar-refractivity contribution in [3.63, 3.8) is 0 Å². The van der Waals surface area contributed by atoms with E-state index in [0.29, 0.717) is 6.04 Å². The molecule has 1 aliphatic rings. The maximum atomic E-state index is 12.9. The van der Waals surface area contributed by atoms with Crippen LogP contribution in [0.2, 0.25) is 0 Å². The molecular weight excluding hydrogens is 245 g/mol. The summed E-state index contributed by atoms with van der Waals surface area (Å²) < 4.78 is 18.0. The van der Waals surface area contributed by atoms with Gasteiger partial charge in [0.1, 0.15) is 11.6 Å². The number of nitrogens with one attached hydrogen (secondary N) is 1. The maximum Gasteiger partial charge on any atom is 0.141 e. The SMILES string of the molecule is COCCNCC1CCCCN1c1ccc(F)cn1. The van der Waals surface area contributed by atoms with E-state index in [2.05, 4.69) is 15.2 Å². The molecule has 2 rings (SSSR count). The smallest absolute Gasteiger partial charge is 0.141 e. The molecule has 1 saturated heterocycles. The van der Waals surface area contributed by atoms with Crippen LogP contribution in [0, 0.1) is 5.82 Å². The topological polar surface area (TPSA) is 37.4 Å². The van der Waals surface area contributed by atoms with E-state index in [1.165, 1.54) is 25.1 Å². The Hall–Kier alpha value is -1.20. The monoisotopic (exact) mass is 267 g/mol. The van der Waals surface area contributed by atoms with Gasteiger partial charge in [0.2, 0.25) is 0 Å². The van der Waals surface area contributed by atoms with Gasteiger partial charge in [-0.05, 0) is 31.4 Å². The number of anilines is 1. The number of ether oxygens (including phenoxy) is 1. The molecule has 1 fully saturated rings. The molecule has 0 spiro atoms. The van der Waals surface area contributed by atoms with Crippen molar-refractivity contribution in [2.45, 2.75) is 25.3 Å². The standard InChI is InChI=1S/C14H22FN3O/c1-19-9-7-16-11-13-4-2-3-8-18(13)14-6-5-12(15)10-17-14/h5-6,10,13,16H,2-4,7-9,11H2,1H3. The molecule has 1 aromatic heterocycles. The summed E-state index contributed by atoms with van der Waals surface area (Å²) >= 11 is 0. The molecule has 0 aliphatic carbocycles. The first kappa shape index (κ1) is 14.2. The van der Waals surface area contributed by atoms with Crippen LogP contribution >= 0.6 is 0 Å². The van der Waals surface area contributed by atoms with Crippen molar-refractivity contribution >= 4 is 5.82 Å². The number of hydrogen-bond donors (Lipinski definition) is 1. The van der Waals surface area contributed by atoms with E-state index < -0.39 is 0 Å². The zero-order chi connectivity index (χ0) is 13.5. The quantitative estimate of drug-likeness (QED) is 0.798. The molecule has 4 nitrogen and oxygen atoms in total. The van der Waals surface area contributed by atoms with E-state index in [1.54, 1.807) is 13.2 Å². The lowest BCUT2D eigenvalue weighted by Gasteiger charge is -2.36. The first-order chi connectivity index (χ1) is 9.31. The molecule has 0 radical (unpaired) electrons. The summed E-state index contributed by atoms with van der Waals surface area (Å²) in [6.07, 6.45) is 4.86. The largest absolute Gasteiger partial charge is 0.383 e. The van der Waals surface area contributed by atoms with Crippen molar-refractivity contribution in [2.24, 2.45) is 0 Å². The summed E-state index contributed by atoms with van der Waals surface area (Å²) in [5, 5.41) is 3.40. The highest BCUT2D eigenvalue weighted by Crippen LogP contribution is 2.22. The molecule has 0 amide bonds. The highest BCUT2D eigenvalue weighted by Gasteiger charge is 2.23. The fraction of sp³-hybridized carbons (Fsp3) is 0.643. The summed E-state index contributed by atoms with van der Waals surface area (Å²) in [5.41, 5.74) is 0. The maximum absolute atomic E-state index is 12.9. The molecule has 1 aromatic rings. The highest BCUT2D eigenvalue weighted by atomic mass is 19.1. The Balaban J connectivity index is 1.93. The van der Waals surface area contributed by atoms with Crippen LogP contribution in [0.1, 0.15) is 19.3 Å². The Morgan fingerprint density at radius 3 is 3.11 bits per heavy atom. The fourth-order valence-corrected chi connectivity index (χ4v) is 2.50. The Morgan fingerprint density at radius 2 is 2.37 bits per heavy atom. The normalized spacial score (nSPS) is 19.7. The first-order valence-corrected chi connectivity index (χ1v) is 6.89. The summed E-state index contributed by atoms with van der Waals surface area (Å²) in [7, 11) is 1.71. The predicted octanol–water partition coefficient (Wildman–Crippen LogP) is 1.82. The minimum atomic E-state index is -0.282. The molecule has 0 aromatic carbocycles. The van der Waals surface area contributed by atoms with Crippen molar-refractivity contribution in [2.75, 3.05) is 38.3 Å². The van der Waals surface area contributed by atoms with E-state index >= 15 is 0 Å². The van der Waals surface area contributed by atoms with E-state index in [0.717, 1.165) is 38.5 Å². The van der Waals surface area contributed by atoms with Crippen molar-refractivity contribution in [3.05, 3.63) is 24.1 Å². The molecule has 1 unspecified atom stereocenters. The number of aromatic nitrogens is 1. The van der Waals surface area contributed by atoms with Crippen LogP contribution in [0.15, 0.2) is 18.3 Å². The molecule has 19 heavy (non-hydrogen) atoms. The van der Waals surface area contributed by atoms with Crippen LogP contribution in [0.3, 0.4) is 0 Å². The van der Waals surface area contributed by atoms with Crippen LogP contribution in [0.5, 0.6) is 0 Å². The molecule has 1 aliphatic heterocycles. The number of halogens is 1. The third-order valence-corrected chi connectivity index (χ3v) is 3.50. The van der Waals surface area contributed by atoms with Crippen molar-refractivity contribution in [3.8, 4) is 0 Å². The van der Waals surface area contributed by atoms with E-state index in [4.69, 9.17) is 4.74 Å². The summed E-state index contributed by atoms with van der Waals surface area (Å²) in [5.74, 6) is 0.593. The predicted molar refractivity (Wildman–Crippen MR) is 73.9 cm³/mol. The van der Waals surface area contributed by atoms with Crippen molar-refractivity contribution in [1.29, 1.82) is 0 Å². The molecular formula is C14H22FN3O. The fourth-order valence-electron chi connectivity index (χ4n) is 2.50. The van der Waals surface area contributed by atoms with Crippen LogP contribution < -0.4 is 10.2 Å². The third-order valence-electron chi connectivity index (χ3n) is 3.50. The third kappa shape index (κ3) is 4.14. The van der Waals surface area contributed by atoms with E-state index in [-0.39, 0.29) is 5.82 Å². The Morgan fingerprint density at radius 1 is 1.47 bits per heavy atom. The zero-order valence-electron chi connectivity index (χ0n) is 11.4. The molecule has 1 atom stereocenters. The minimum Gasteiger partial charge on any atom is -0.383 e. The van der Waals surface area contributed by atoms with E-state index in [9.17, 15) is 4.39 Å². The van der Waals surface area contributed by atoms with Gasteiger partial charge in [-0.15, -0.1) is 0 Å². The van der Waals surface area contributed by atoms with Gasteiger partial charge in [0, 0.05) is 32.8 Å². The summed E-state index contributed by atoms with van der Waals surface area (Å²) in [4.78, 5) is 6.48. The Labute approximate surface area is 114 Å². The molecule has 0 bridgehead atoms. The molecule has 1 N–H and O–H groups in total. The summed E-state index contributed by atoms with van der Waals surface area (Å²) in [6, 6.07) is 3.68. The van der Waals surface area contributed by atoms with Gasteiger partial charge in [-0.3, -0.25) is 0 Å². The van der Waals surface area contributed by atoms with Crippen LogP contribution in [0.25, 0.3) is 0 Å². The zero-order valence-corrected chi connectivity index (χ0v) is 11.4. The minimum absolute atomic E-state index is 0.282. The van der Waals surface area contributed by atoms with Gasteiger partial charge in [0.05, 0.1) is 12.8 Å². The van der Waals surface area contributed by atoms with Crippen LogP contribution in [-0.4, -0.2) is 44.4 Å². The lowest BCUT2D eigenvalue weighted by Crippen LogP contribution is -2.46. The van der Waals surface area contributed by atoms with Crippen molar-refractivity contribution < 1.29 is 9.13 Å². The van der Waals surface area contributed by atoms with Gasteiger partial charge in [-0.1, -0.05) is 0 Å². The number of rotatable bonds is 6. The van der Waals surface area contributed by atoms with Gasteiger partial charge >= 0.3 is 0 Å². The average Bonchev–Trinajstić information content (AvgIpc) is 2.45. The van der Waals surface area contributed by atoms with Crippen LogP contribution in [0.4, 0.5) is 10.2 Å². The Bertz CT molecular complexity index is 371. The number of methoxy groups -OCH3 is 1. The highest BCUT2D eigenvalue weighted by molar-refractivity contribution is 5.40. The van der Waals surface area contributed by atoms with Crippen LogP contribution in [-0.2, 0) is 4.74 Å². The molecule has 2 heterocycles. The van der Waals surface area contributed by atoms with Gasteiger partial charge in [0.25, 0.3) is 0 Å². The lowest BCUT2D eigenvalue weighted by atomic mass is 10.0. The molecule has 0 saturated carbocycles. The van der Waals surface area contributed by atoms with Crippen molar-refractivity contribution in [1.82, 2.24) is 10.3 Å². The second-order valence-corrected chi connectivity index (χ2v) is 4.87. The number of nitrogens with zero attached hydrogens (tertiary/aromatic N) is 2. The Kier molecular flexibility index (Phi) is 5.54. The average molecular weight is 267 g/mol. The number of piperidine rings is 1. The summed E-state index contributed by atoms with van der Waals surface area (Å²) in [6.45, 7) is 3.50. The van der Waals surface area contributed by atoms with Gasteiger partial charge in [-0.25, -0.2) is 9.37 Å². The van der Waals surface area contributed by atoms with Gasteiger partial charge < -0.3 is 15.0 Å². The first-order valence-electron chi connectivity index (χ1n) is 6.89. The second kappa shape index (κ2) is 7.40. The molecule has 106 valence electrons. The van der Waals surface area contributed by atoms with Gasteiger partial charge in [-0.2, -0.15) is 0 Å². The van der Waals surface area contributed by atoms with E-state index in [1.807, 2.05) is 0 Å². The number of pyridine rings is 1.